The minimum absolute atomic E-state index is 0.183. The first-order valence-corrected chi connectivity index (χ1v) is 6.98. The molecule has 4 heteroatoms. The lowest BCUT2D eigenvalue weighted by Crippen LogP contribution is -2.13. The standard InChI is InChI=1S/C15H13BrClNO/c1-9-3-5-11(12(16)7-9)15(19)18-14-6-4-10(2)8-13(14)17/h3-8H,1-2H3,(H,18,19). The van der Waals surface area contributed by atoms with Gasteiger partial charge in [0.1, 0.15) is 0 Å². The van der Waals surface area contributed by atoms with Crippen LogP contribution in [0.1, 0.15) is 21.5 Å². The summed E-state index contributed by atoms with van der Waals surface area (Å²) in [6.45, 7) is 3.93. The van der Waals surface area contributed by atoms with Gasteiger partial charge in [0, 0.05) is 4.47 Å². The van der Waals surface area contributed by atoms with Gasteiger partial charge in [-0.2, -0.15) is 0 Å². The third-order valence-electron chi connectivity index (χ3n) is 2.74. The van der Waals surface area contributed by atoms with Crippen molar-refractivity contribution in [3.63, 3.8) is 0 Å². The van der Waals surface area contributed by atoms with Gasteiger partial charge < -0.3 is 5.32 Å². The first kappa shape index (κ1) is 14.1. The second kappa shape index (κ2) is 5.76. The maximum absolute atomic E-state index is 12.2. The molecule has 98 valence electrons. The van der Waals surface area contributed by atoms with E-state index < -0.39 is 0 Å². The molecule has 2 nitrogen and oxygen atoms in total. The zero-order valence-corrected chi connectivity index (χ0v) is 13.0. The number of rotatable bonds is 2. The molecule has 2 aromatic carbocycles. The smallest absolute Gasteiger partial charge is 0.256 e. The second-order valence-electron chi connectivity index (χ2n) is 4.42. The van der Waals surface area contributed by atoms with Crippen molar-refractivity contribution in [1.29, 1.82) is 0 Å². The van der Waals surface area contributed by atoms with Crippen LogP contribution in [0, 0.1) is 13.8 Å². The molecule has 0 spiro atoms. The number of carbonyl (C=O) groups is 1. The van der Waals surface area contributed by atoms with E-state index in [2.05, 4.69) is 21.2 Å². The van der Waals surface area contributed by atoms with E-state index in [0.29, 0.717) is 16.3 Å². The Kier molecular flexibility index (Phi) is 4.27. The van der Waals surface area contributed by atoms with Crippen molar-refractivity contribution in [2.75, 3.05) is 5.32 Å². The molecular formula is C15H13BrClNO. The van der Waals surface area contributed by atoms with Crippen LogP contribution in [0.4, 0.5) is 5.69 Å². The Morgan fingerprint density at radius 2 is 1.74 bits per heavy atom. The van der Waals surface area contributed by atoms with E-state index in [1.54, 1.807) is 12.1 Å². The zero-order chi connectivity index (χ0) is 14.0. The molecule has 2 rings (SSSR count). The Hall–Kier alpha value is -1.32. The van der Waals surface area contributed by atoms with Crippen LogP contribution < -0.4 is 5.32 Å². The van der Waals surface area contributed by atoms with Gasteiger partial charge in [0.15, 0.2) is 0 Å². The molecule has 0 saturated carbocycles. The fourth-order valence-corrected chi connectivity index (χ4v) is 2.67. The maximum Gasteiger partial charge on any atom is 0.256 e. The number of hydrogen-bond donors (Lipinski definition) is 1. The predicted molar refractivity (Wildman–Crippen MR) is 83.0 cm³/mol. The van der Waals surface area contributed by atoms with E-state index in [9.17, 15) is 4.79 Å². The summed E-state index contributed by atoms with van der Waals surface area (Å²) in [6.07, 6.45) is 0. The molecule has 2 aromatic rings. The maximum atomic E-state index is 12.2. The minimum atomic E-state index is -0.183. The van der Waals surface area contributed by atoms with Crippen LogP contribution in [0.5, 0.6) is 0 Å². The van der Waals surface area contributed by atoms with Gasteiger partial charge in [0.2, 0.25) is 0 Å². The van der Waals surface area contributed by atoms with E-state index in [-0.39, 0.29) is 5.91 Å². The van der Waals surface area contributed by atoms with Crippen LogP contribution >= 0.6 is 27.5 Å². The summed E-state index contributed by atoms with van der Waals surface area (Å²) >= 11 is 9.50. The summed E-state index contributed by atoms with van der Waals surface area (Å²) in [5.41, 5.74) is 3.35. The Bertz CT molecular complexity index is 640. The molecule has 1 amide bonds. The Labute approximate surface area is 125 Å². The van der Waals surface area contributed by atoms with Gasteiger partial charge >= 0.3 is 0 Å². The number of nitrogens with one attached hydrogen (secondary N) is 1. The van der Waals surface area contributed by atoms with Crippen molar-refractivity contribution in [2.45, 2.75) is 13.8 Å². The van der Waals surface area contributed by atoms with Gasteiger partial charge in [-0.25, -0.2) is 0 Å². The van der Waals surface area contributed by atoms with E-state index in [1.165, 1.54) is 0 Å². The average molecular weight is 339 g/mol. The van der Waals surface area contributed by atoms with Gasteiger partial charge in [0.05, 0.1) is 16.3 Å². The molecule has 19 heavy (non-hydrogen) atoms. The molecular weight excluding hydrogens is 326 g/mol. The molecule has 0 fully saturated rings. The number of carbonyl (C=O) groups excluding carboxylic acids is 1. The summed E-state index contributed by atoms with van der Waals surface area (Å²) < 4.78 is 0.772. The number of anilines is 1. The number of amides is 1. The fourth-order valence-electron chi connectivity index (χ4n) is 1.72. The van der Waals surface area contributed by atoms with Crippen LogP contribution in [0.3, 0.4) is 0 Å². The Morgan fingerprint density at radius 1 is 1.11 bits per heavy atom. The lowest BCUT2D eigenvalue weighted by atomic mass is 10.1. The molecule has 0 saturated heterocycles. The average Bonchev–Trinajstić information content (AvgIpc) is 2.32. The van der Waals surface area contributed by atoms with Gasteiger partial charge in [-0.15, -0.1) is 0 Å². The molecule has 1 N–H and O–H groups in total. The number of aryl methyl sites for hydroxylation is 2. The molecule has 0 atom stereocenters. The van der Waals surface area contributed by atoms with Gasteiger partial charge in [0.25, 0.3) is 5.91 Å². The Balaban J connectivity index is 2.25. The Morgan fingerprint density at radius 3 is 2.37 bits per heavy atom. The summed E-state index contributed by atoms with van der Waals surface area (Å²) in [7, 11) is 0. The number of hydrogen-bond acceptors (Lipinski definition) is 1. The molecule has 0 heterocycles. The summed E-state index contributed by atoms with van der Waals surface area (Å²) in [5, 5.41) is 3.35. The van der Waals surface area contributed by atoms with Crippen LogP contribution in [0.15, 0.2) is 40.9 Å². The molecule has 0 aromatic heterocycles. The van der Waals surface area contributed by atoms with Crippen molar-refractivity contribution in [1.82, 2.24) is 0 Å². The van der Waals surface area contributed by atoms with Crippen LogP contribution in [0.25, 0.3) is 0 Å². The van der Waals surface area contributed by atoms with Crippen molar-refractivity contribution in [2.24, 2.45) is 0 Å². The van der Waals surface area contributed by atoms with E-state index in [4.69, 9.17) is 11.6 Å². The molecule has 0 unspecified atom stereocenters. The fraction of sp³-hybridized carbons (Fsp3) is 0.133. The normalized spacial score (nSPS) is 10.3. The monoisotopic (exact) mass is 337 g/mol. The van der Waals surface area contributed by atoms with E-state index >= 15 is 0 Å². The quantitative estimate of drug-likeness (QED) is 0.823. The number of halogens is 2. The topological polar surface area (TPSA) is 29.1 Å². The third kappa shape index (κ3) is 3.37. The van der Waals surface area contributed by atoms with Gasteiger partial charge in [-0.05, 0) is 65.2 Å². The highest BCUT2D eigenvalue weighted by Crippen LogP contribution is 2.25. The van der Waals surface area contributed by atoms with E-state index in [1.807, 2.05) is 38.1 Å². The number of benzene rings is 2. The summed E-state index contributed by atoms with van der Waals surface area (Å²) in [6, 6.07) is 11.1. The molecule has 0 aliphatic rings. The van der Waals surface area contributed by atoms with Crippen LogP contribution in [0.2, 0.25) is 5.02 Å². The van der Waals surface area contributed by atoms with Crippen molar-refractivity contribution >= 4 is 39.1 Å². The molecule has 0 bridgehead atoms. The highest BCUT2D eigenvalue weighted by molar-refractivity contribution is 9.10. The van der Waals surface area contributed by atoms with Gasteiger partial charge in [-0.3, -0.25) is 4.79 Å². The van der Waals surface area contributed by atoms with Crippen LogP contribution in [-0.2, 0) is 0 Å². The first-order valence-electron chi connectivity index (χ1n) is 5.81. The van der Waals surface area contributed by atoms with Gasteiger partial charge in [-0.1, -0.05) is 23.7 Å². The SMILES string of the molecule is Cc1ccc(NC(=O)c2ccc(C)cc2Br)c(Cl)c1. The lowest BCUT2D eigenvalue weighted by Gasteiger charge is -2.09. The molecule has 0 radical (unpaired) electrons. The third-order valence-corrected chi connectivity index (χ3v) is 3.71. The van der Waals surface area contributed by atoms with Crippen LogP contribution in [-0.4, -0.2) is 5.91 Å². The molecule has 0 aliphatic carbocycles. The predicted octanol–water partition coefficient (Wildman–Crippen LogP) is 4.97. The minimum Gasteiger partial charge on any atom is -0.321 e. The van der Waals surface area contributed by atoms with Crippen molar-refractivity contribution in [3.05, 3.63) is 62.6 Å². The lowest BCUT2D eigenvalue weighted by molar-refractivity contribution is 0.102. The van der Waals surface area contributed by atoms with Crippen molar-refractivity contribution in [3.8, 4) is 0 Å². The summed E-state index contributed by atoms with van der Waals surface area (Å²) in [5.74, 6) is -0.183. The van der Waals surface area contributed by atoms with E-state index in [0.717, 1.165) is 15.6 Å². The van der Waals surface area contributed by atoms with Crippen molar-refractivity contribution < 1.29 is 4.79 Å². The highest BCUT2D eigenvalue weighted by atomic mass is 79.9. The first-order chi connectivity index (χ1) is 8.97. The highest BCUT2D eigenvalue weighted by Gasteiger charge is 2.11. The second-order valence-corrected chi connectivity index (χ2v) is 5.68. The molecule has 0 aliphatic heterocycles. The largest absolute Gasteiger partial charge is 0.321 e. The summed E-state index contributed by atoms with van der Waals surface area (Å²) in [4.78, 5) is 12.2. The zero-order valence-electron chi connectivity index (χ0n) is 10.6.